The Balaban J connectivity index is 1.00. The van der Waals surface area contributed by atoms with Crippen LogP contribution >= 0.6 is 0 Å². The van der Waals surface area contributed by atoms with E-state index in [2.05, 4.69) is 191 Å². The van der Waals surface area contributed by atoms with E-state index >= 15 is 0 Å². The van der Waals surface area contributed by atoms with E-state index in [0.717, 1.165) is 83.0 Å². The Kier molecular flexibility index (Phi) is 8.79. The summed E-state index contributed by atoms with van der Waals surface area (Å²) in [6, 6.07) is 83.4. The molecule has 322 valence electrons. The number of aromatic nitrogens is 5. The minimum atomic E-state index is 0.543. The maximum atomic E-state index is 6.55. The summed E-state index contributed by atoms with van der Waals surface area (Å²) >= 11 is 0. The second-order valence-electron chi connectivity index (χ2n) is 17.5. The molecule has 0 saturated heterocycles. The summed E-state index contributed by atoms with van der Waals surface area (Å²) in [5.41, 5.74) is 15.4. The number of furan rings is 1. The van der Waals surface area contributed by atoms with Crippen LogP contribution in [0.4, 0.5) is 0 Å². The number of rotatable bonds is 7. The van der Waals surface area contributed by atoms with Crippen molar-refractivity contribution >= 4 is 65.6 Å². The first-order valence-electron chi connectivity index (χ1n) is 23.3. The van der Waals surface area contributed by atoms with Gasteiger partial charge in [-0.25, -0.2) is 15.0 Å². The molecule has 0 N–H and O–H groups in total. The molecule has 4 heterocycles. The zero-order chi connectivity index (χ0) is 45.4. The Morgan fingerprint density at radius 3 is 1.59 bits per heavy atom. The number of nitrogens with zero attached hydrogens (tertiary/aromatic N) is 5. The van der Waals surface area contributed by atoms with E-state index in [1.807, 2.05) is 54.6 Å². The third-order valence-electron chi connectivity index (χ3n) is 13.6. The highest BCUT2D eigenvalue weighted by atomic mass is 16.3. The van der Waals surface area contributed by atoms with Gasteiger partial charge in [-0.05, 0) is 82.9 Å². The lowest BCUT2D eigenvalue weighted by Crippen LogP contribution is -2.03. The predicted molar refractivity (Wildman–Crippen MR) is 283 cm³/mol. The molecule has 0 fully saturated rings. The van der Waals surface area contributed by atoms with Crippen molar-refractivity contribution in [3.63, 3.8) is 0 Å². The summed E-state index contributed by atoms with van der Waals surface area (Å²) in [6.45, 7) is 0. The van der Waals surface area contributed by atoms with Crippen LogP contribution < -0.4 is 0 Å². The van der Waals surface area contributed by atoms with Crippen molar-refractivity contribution in [3.8, 4) is 67.8 Å². The minimum Gasteiger partial charge on any atom is -0.455 e. The molecule has 4 aromatic heterocycles. The van der Waals surface area contributed by atoms with Crippen molar-refractivity contribution in [2.45, 2.75) is 0 Å². The first-order chi connectivity index (χ1) is 34.2. The monoisotopic (exact) mass is 881 g/mol. The van der Waals surface area contributed by atoms with Gasteiger partial charge >= 0.3 is 0 Å². The van der Waals surface area contributed by atoms with Gasteiger partial charge in [0.1, 0.15) is 11.2 Å². The number of benzene rings is 10. The van der Waals surface area contributed by atoms with Gasteiger partial charge in [0.2, 0.25) is 0 Å². The first-order valence-corrected chi connectivity index (χ1v) is 23.3. The molecule has 0 amide bonds. The summed E-state index contributed by atoms with van der Waals surface area (Å²) in [4.78, 5) is 15.8. The van der Waals surface area contributed by atoms with Gasteiger partial charge < -0.3 is 13.6 Å². The van der Waals surface area contributed by atoms with Crippen molar-refractivity contribution < 1.29 is 4.42 Å². The number of hydrogen-bond donors (Lipinski definition) is 0. The number of para-hydroxylation sites is 5. The second-order valence-corrected chi connectivity index (χ2v) is 17.5. The van der Waals surface area contributed by atoms with Gasteiger partial charge in [0, 0.05) is 49.1 Å². The molecule has 0 atom stereocenters. The normalized spacial score (nSPS) is 11.8. The fourth-order valence-corrected chi connectivity index (χ4v) is 10.6. The van der Waals surface area contributed by atoms with Crippen molar-refractivity contribution in [1.82, 2.24) is 24.1 Å². The Labute approximate surface area is 396 Å². The zero-order valence-electron chi connectivity index (χ0n) is 37.2. The zero-order valence-corrected chi connectivity index (χ0v) is 37.2. The van der Waals surface area contributed by atoms with Crippen molar-refractivity contribution in [2.24, 2.45) is 0 Å². The lowest BCUT2D eigenvalue weighted by atomic mass is 9.95. The molecule has 0 aliphatic carbocycles. The van der Waals surface area contributed by atoms with Crippen LogP contribution in [-0.4, -0.2) is 24.1 Å². The van der Waals surface area contributed by atoms with Crippen molar-refractivity contribution in [3.05, 3.63) is 237 Å². The van der Waals surface area contributed by atoms with Crippen LogP contribution in [0.15, 0.2) is 241 Å². The average Bonchev–Trinajstić information content (AvgIpc) is 4.09. The highest BCUT2D eigenvalue weighted by Gasteiger charge is 2.24. The van der Waals surface area contributed by atoms with Crippen LogP contribution in [0.3, 0.4) is 0 Å². The third-order valence-corrected chi connectivity index (χ3v) is 13.6. The molecule has 14 rings (SSSR count). The predicted octanol–water partition coefficient (Wildman–Crippen LogP) is 16.3. The fraction of sp³-hybridized carbons (Fsp3) is 0. The van der Waals surface area contributed by atoms with Gasteiger partial charge in [0.05, 0.1) is 33.3 Å². The number of fused-ring (bicyclic) bond motifs is 9. The van der Waals surface area contributed by atoms with E-state index in [4.69, 9.17) is 19.4 Å². The molecule has 69 heavy (non-hydrogen) atoms. The highest BCUT2D eigenvalue weighted by Crippen LogP contribution is 2.45. The Bertz CT molecular complexity index is 4300. The largest absolute Gasteiger partial charge is 0.455 e. The van der Waals surface area contributed by atoms with Gasteiger partial charge in [0.25, 0.3) is 0 Å². The van der Waals surface area contributed by atoms with E-state index in [9.17, 15) is 0 Å². The minimum absolute atomic E-state index is 0.543. The molecule has 0 saturated carbocycles. The summed E-state index contributed by atoms with van der Waals surface area (Å²) in [6.07, 6.45) is 0. The Morgan fingerprint density at radius 2 is 0.826 bits per heavy atom. The molecule has 0 unspecified atom stereocenters. The molecule has 0 aliphatic heterocycles. The van der Waals surface area contributed by atoms with Gasteiger partial charge in [-0.2, -0.15) is 0 Å². The number of hydrogen-bond acceptors (Lipinski definition) is 4. The van der Waals surface area contributed by atoms with Crippen LogP contribution in [0.5, 0.6) is 0 Å². The van der Waals surface area contributed by atoms with Gasteiger partial charge in [0.15, 0.2) is 17.5 Å². The summed E-state index contributed by atoms with van der Waals surface area (Å²) in [5, 5.41) is 6.82. The van der Waals surface area contributed by atoms with E-state index in [1.165, 1.54) is 32.8 Å². The quantitative estimate of drug-likeness (QED) is 0.160. The standard InChI is InChI=1S/C63H39N5O/c1-4-19-40(20-5-1)42-37-38-49-56(39-42)67(43-23-8-3-9-24-43)54-34-17-28-46(59(49)54)45-29-18-35-55-58(45)48-26-10-13-32-52(48)68(55)53-33-14-11-27-50(53)62-64-61(41-21-6-2-7-22-41)65-63(66-62)51-31-16-30-47-44-25-12-15-36-57(44)69-60(47)51/h1-39H. The van der Waals surface area contributed by atoms with Crippen LogP contribution in [0.1, 0.15) is 0 Å². The SMILES string of the molecule is c1ccc(-c2ccc3c4c(-c5cccc6c5c5ccccc5n6-c5ccccc5-c5nc(-c6ccccc6)nc(-c6cccc7c6oc6ccccc67)n5)cccc4n(-c4ccccc4)c3c2)cc1. The third kappa shape index (κ3) is 6.16. The van der Waals surface area contributed by atoms with E-state index in [1.54, 1.807) is 0 Å². The van der Waals surface area contributed by atoms with Crippen LogP contribution in [0, 0.1) is 0 Å². The molecule has 6 nitrogen and oxygen atoms in total. The highest BCUT2D eigenvalue weighted by molar-refractivity contribution is 6.22. The lowest BCUT2D eigenvalue weighted by Gasteiger charge is -2.15. The van der Waals surface area contributed by atoms with Crippen molar-refractivity contribution in [2.75, 3.05) is 0 Å². The second kappa shape index (κ2) is 15.6. The lowest BCUT2D eigenvalue weighted by molar-refractivity contribution is 0.669. The summed E-state index contributed by atoms with van der Waals surface area (Å²) in [7, 11) is 0. The van der Waals surface area contributed by atoms with Crippen LogP contribution in [-0.2, 0) is 0 Å². The molecule has 0 spiro atoms. The smallest absolute Gasteiger partial charge is 0.167 e. The molecule has 10 aromatic carbocycles. The summed E-state index contributed by atoms with van der Waals surface area (Å²) < 4.78 is 11.3. The van der Waals surface area contributed by atoms with Gasteiger partial charge in [-0.3, -0.25) is 0 Å². The molecular weight excluding hydrogens is 843 g/mol. The first kappa shape index (κ1) is 38.8. The molecule has 6 heteroatoms. The fourth-order valence-electron chi connectivity index (χ4n) is 10.6. The van der Waals surface area contributed by atoms with E-state index in [0.29, 0.717) is 17.5 Å². The van der Waals surface area contributed by atoms with E-state index in [-0.39, 0.29) is 0 Å². The summed E-state index contributed by atoms with van der Waals surface area (Å²) in [5.74, 6) is 1.70. The molecular formula is C63H39N5O. The molecule has 0 aliphatic rings. The van der Waals surface area contributed by atoms with E-state index < -0.39 is 0 Å². The topological polar surface area (TPSA) is 61.7 Å². The maximum Gasteiger partial charge on any atom is 0.167 e. The van der Waals surface area contributed by atoms with Crippen molar-refractivity contribution in [1.29, 1.82) is 0 Å². The molecule has 0 radical (unpaired) electrons. The van der Waals surface area contributed by atoms with Crippen LogP contribution in [0.25, 0.3) is 133 Å². The average molecular weight is 882 g/mol. The molecule has 14 aromatic rings. The Hall–Kier alpha value is -9.39. The Morgan fingerprint density at radius 1 is 0.304 bits per heavy atom. The molecule has 0 bridgehead atoms. The van der Waals surface area contributed by atoms with Gasteiger partial charge in [-0.15, -0.1) is 0 Å². The maximum absolute atomic E-state index is 6.55. The van der Waals surface area contributed by atoms with Crippen LogP contribution in [0.2, 0.25) is 0 Å². The van der Waals surface area contributed by atoms with Gasteiger partial charge in [-0.1, -0.05) is 176 Å².